The second-order valence-electron chi connectivity index (χ2n) is 6.86. The van der Waals surface area contributed by atoms with Gasteiger partial charge in [0.15, 0.2) is 0 Å². The highest BCUT2D eigenvalue weighted by molar-refractivity contribution is 5.96. The summed E-state index contributed by atoms with van der Waals surface area (Å²) in [5.74, 6) is -0.664. The number of amides is 1. The van der Waals surface area contributed by atoms with Gasteiger partial charge in [-0.25, -0.2) is 4.79 Å². The number of carboxylic acids is 1. The van der Waals surface area contributed by atoms with E-state index in [9.17, 15) is 14.7 Å². The van der Waals surface area contributed by atoms with Crippen LogP contribution in [-0.4, -0.2) is 39.5 Å². The van der Waals surface area contributed by atoms with E-state index in [1.54, 1.807) is 18.2 Å². The molecule has 1 amide bonds. The summed E-state index contributed by atoms with van der Waals surface area (Å²) in [6.45, 7) is 5.36. The van der Waals surface area contributed by atoms with Crippen LogP contribution in [0.2, 0.25) is 0 Å². The number of likely N-dealkylation sites (tertiary alicyclic amines) is 1. The fourth-order valence-electron chi connectivity index (χ4n) is 3.60. The Bertz CT molecular complexity index is 822. The van der Waals surface area contributed by atoms with Crippen molar-refractivity contribution in [3.8, 4) is 0 Å². The number of aromatic nitrogens is 1. The van der Waals surface area contributed by atoms with Crippen LogP contribution >= 0.6 is 0 Å². The highest BCUT2D eigenvalue weighted by Crippen LogP contribution is 2.29. The lowest BCUT2D eigenvalue weighted by Crippen LogP contribution is -2.39. The van der Waals surface area contributed by atoms with Gasteiger partial charge in [-0.1, -0.05) is 12.1 Å². The van der Waals surface area contributed by atoms with Crippen LogP contribution < -0.4 is 0 Å². The normalized spacial score (nSPS) is 17.6. The van der Waals surface area contributed by atoms with Crippen LogP contribution in [0, 0.1) is 13.8 Å². The number of hydrogen-bond acceptors (Lipinski definition) is 2. The Labute approximate surface area is 147 Å². The molecule has 5 nitrogen and oxygen atoms in total. The summed E-state index contributed by atoms with van der Waals surface area (Å²) in [5, 5.41) is 9.19. The molecule has 1 atom stereocenters. The maximum absolute atomic E-state index is 13.0. The maximum atomic E-state index is 13.0. The van der Waals surface area contributed by atoms with Crippen molar-refractivity contribution in [1.82, 2.24) is 9.47 Å². The molecule has 2 aromatic rings. The molecule has 1 aliphatic rings. The topological polar surface area (TPSA) is 62.5 Å². The quantitative estimate of drug-likeness (QED) is 0.932. The Balaban J connectivity index is 1.81. The van der Waals surface area contributed by atoms with E-state index in [0.717, 1.165) is 41.9 Å². The van der Waals surface area contributed by atoms with Crippen LogP contribution in [0.5, 0.6) is 0 Å². The lowest BCUT2D eigenvalue weighted by atomic mass is 9.89. The first kappa shape index (κ1) is 17.3. The Morgan fingerprint density at radius 1 is 1.20 bits per heavy atom. The van der Waals surface area contributed by atoms with Crippen LogP contribution in [-0.2, 0) is 7.05 Å². The summed E-state index contributed by atoms with van der Waals surface area (Å²) < 4.78 is 2.03. The van der Waals surface area contributed by atoms with Crippen molar-refractivity contribution in [2.45, 2.75) is 32.6 Å². The van der Waals surface area contributed by atoms with Gasteiger partial charge in [-0.3, -0.25) is 4.79 Å². The molecule has 1 fully saturated rings. The molecule has 0 saturated carbocycles. The van der Waals surface area contributed by atoms with Gasteiger partial charge in [0.1, 0.15) is 0 Å². The molecule has 1 N–H and O–H groups in total. The molecule has 1 unspecified atom stereocenters. The third kappa shape index (κ3) is 3.31. The Morgan fingerprint density at radius 3 is 2.60 bits per heavy atom. The molecular weight excluding hydrogens is 316 g/mol. The smallest absolute Gasteiger partial charge is 0.335 e. The van der Waals surface area contributed by atoms with Crippen LogP contribution in [0.4, 0.5) is 0 Å². The standard InChI is InChI=1S/C20H24N2O3/c1-13-10-18(14(2)21(13)3)19(23)22-9-5-8-17(12-22)15-6-4-7-16(11-15)20(24)25/h4,6-7,10-11,17H,5,8-9,12H2,1-3H3,(H,24,25). The highest BCUT2D eigenvalue weighted by Gasteiger charge is 2.27. The molecule has 1 aliphatic heterocycles. The van der Waals surface area contributed by atoms with E-state index in [1.807, 2.05) is 42.5 Å². The summed E-state index contributed by atoms with van der Waals surface area (Å²) in [7, 11) is 1.97. The molecule has 0 spiro atoms. The van der Waals surface area contributed by atoms with Gasteiger partial charge < -0.3 is 14.6 Å². The van der Waals surface area contributed by atoms with Crippen molar-refractivity contribution in [2.75, 3.05) is 13.1 Å². The molecule has 1 aromatic carbocycles. The number of carbonyl (C=O) groups excluding carboxylic acids is 1. The Kier molecular flexibility index (Phi) is 4.66. The van der Waals surface area contributed by atoms with Crippen molar-refractivity contribution < 1.29 is 14.7 Å². The minimum Gasteiger partial charge on any atom is -0.478 e. The lowest BCUT2D eigenvalue weighted by molar-refractivity contribution is 0.0687. The molecule has 0 radical (unpaired) electrons. The lowest BCUT2D eigenvalue weighted by Gasteiger charge is -2.33. The van der Waals surface area contributed by atoms with Gasteiger partial charge in [-0.15, -0.1) is 0 Å². The summed E-state index contributed by atoms with van der Waals surface area (Å²) in [5.41, 5.74) is 4.12. The van der Waals surface area contributed by atoms with Crippen molar-refractivity contribution in [2.24, 2.45) is 7.05 Å². The highest BCUT2D eigenvalue weighted by atomic mass is 16.4. The number of aromatic carboxylic acids is 1. The summed E-state index contributed by atoms with van der Waals surface area (Å²) >= 11 is 0. The first-order valence-corrected chi connectivity index (χ1v) is 8.64. The molecule has 1 saturated heterocycles. The predicted octanol–water partition coefficient (Wildman–Crippen LogP) is 3.36. The predicted molar refractivity (Wildman–Crippen MR) is 96.2 cm³/mol. The summed E-state index contributed by atoms with van der Waals surface area (Å²) in [6, 6.07) is 9.03. The summed E-state index contributed by atoms with van der Waals surface area (Å²) in [4.78, 5) is 26.1. The van der Waals surface area contributed by atoms with E-state index in [1.165, 1.54) is 0 Å². The zero-order valence-electron chi connectivity index (χ0n) is 15.0. The van der Waals surface area contributed by atoms with Crippen molar-refractivity contribution in [3.63, 3.8) is 0 Å². The van der Waals surface area contributed by atoms with E-state index in [4.69, 9.17) is 0 Å². The fraction of sp³-hybridized carbons (Fsp3) is 0.400. The van der Waals surface area contributed by atoms with Gasteiger partial charge in [-0.2, -0.15) is 0 Å². The van der Waals surface area contributed by atoms with Gasteiger partial charge >= 0.3 is 5.97 Å². The number of nitrogens with zero attached hydrogens (tertiary/aromatic N) is 2. The average molecular weight is 340 g/mol. The average Bonchev–Trinajstić information content (AvgIpc) is 2.88. The van der Waals surface area contributed by atoms with Gasteiger partial charge in [0.2, 0.25) is 0 Å². The van der Waals surface area contributed by atoms with Crippen LogP contribution in [0.3, 0.4) is 0 Å². The monoisotopic (exact) mass is 340 g/mol. The molecule has 132 valence electrons. The zero-order chi connectivity index (χ0) is 18.1. The number of carbonyl (C=O) groups is 2. The molecule has 25 heavy (non-hydrogen) atoms. The first-order valence-electron chi connectivity index (χ1n) is 8.64. The van der Waals surface area contributed by atoms with Gasteiger partial charge in [-0.05, 0) is 50.5 Å². The number of benzene rings is 1. The maximum Gasteiger partial charge on any atom is 0.335 e. The molecule has 5 heteroatoms. The molecule has 0 aliphatic carbocycles. The Hall–Kier alpha value is -2.56. The van der Waals surface area contributed by atoms with E-state index in [-0.39, 0.29) is 11.8 Å². The number of hydrogen-bond donors (Lipinski definition) is 1. The van der Waals surface area contributed by atoms with E-state index in [0.29, 0.717) is 12.1 Å². The number of carboxylic acid groups (broad SMARTS) is 1. The van der Waals surface area contributed by atoms with Gasteiger partial charge in [0, 0.05) is 37.4 Å². The minimum atomic E-state index is -0.916. The minimum absolute atomic E-state index is 0.0697. The van der Waals surface area contributed by atoms with Crippen LogP contribution in [0.1, 0.15) is 56.4 Å². The first-order chi connectivity index (χ1) is 11.9. The second-order valence-corrected chi connectivity index (χ2v) is 6.86. The zero-order valence-corrected chi connectivity index (χ0v) is 15.0. The van der Waals surface area contributed by atoms with E-state index in [2.05, 4.69) is 0 Å². The molecule has 3 rings (SSSR count). The van der Waals surface area contributed by atoms with Crippen molar-refractivity contribution >= 4 is 11.9 Å². The molecule has 2 heterocycles. The second kappa shape index (κ2) is 6.75. The van der Waals surface area contributed by atoms with Crippen LogP contribution in [0.25, 0.3) is 0 Å². The molecule has 0 bridgehead atoms. The fourth-order valence-corrected chi connectivity index (χ4v) is 3.60. The van der Waals surface area contributed by atoms with Gasteiger partial charge in [0.25, 0.3) is 5.91 Å². The van der Waals surface area contributed by atoms with Crippen molar-refractivity contribution in [3.05, 3.63) is 58.4 Å². The van der Waals surface area contributed by atoms with Crippen molar-refractivity contribution in [1.29, 1.82) is 0 Å². The SMILES string of the molecule is Cc1cc(C(=O)N2CCCC(c3cccc(C(=O)O)c3)C2)c(C)n1C. The molecular formula is C20H24N2O3. The number of aryl methyl sites for hydroxylation is 1. The van der Waals surface area contributed by atoms with E-state index >= 15 is 0 Å². The summed E-state index contributed by atoms with van der Waals surface area (Å²) in [6.07, 6.45) is 1.90. The molecule has 1 aromatic heterocycles. The Morgan fingerprint density at radius 2 is 1.96 bits per heavy atom. The van der Waals surface area contributed by atoms with E-state index < -0.39 is 5.97 Å². The van der Waals surface area contributed by atoms with Crippen LogP contribution in [0.15, 0.2) is 30.3 Å². The largest absolute Gasteiger partial charge is 0.478 e. The van der Waals surface area contributed by atoms with Gasteiger partial charge in [0.05, 0.1) is 11.1 Å². The third-order valence-corrected chi connectivity index (χ3v) is 5.32. The number of piperidine rings is 1. The third-order valence-electron chi connectivity index (χ3n) is 5.32. The number of rotatable bonds is 3.